The van der Waals surface area contributed by atoms with Crippen LogP contribution in [0.5, 0.6) is 0 Å². The fourth-order valence-corrected chi connectivity index (χ4v) is 0.794. The zero-order valence-electron chi connectivity index (χ0n) is 6.55. The van der Waals surface area contributed by atoms with Crippen molar-refractivity contribution < 1.29 is 4.79 Å². The van der Waals surface area contributed by atoms with E-state index >= 15 is 0 Å². The van der Waals surface area contributed by atoms with Crippen LogP contribution in [0.2, 0.25) is 0 Å². The molecule has 0 aliphatic heterocycles. The smallest absolute Gasteiger partial charge is 0.211 e. The van der Waals surface area contributed by atoms with Gasteiger partial charge in [0, 0.05) is 6.42 Å². The first kappa shape index (κ1) is 9.87. The summed E-state index contributed by atoms with van der Waals surface area (Å²) in [6.45, 7) is 0.579. The minimum atomic E-state index is 0.579. The maximum absolute atomic E-state index is 9.61. The average Bonchev–Trinajstić information content (AvgIpc) is 2.03. The molecule has 0 unspecified atom stereocenters. The topological polar surface area (TPSA) is 53.2 Å². The van der Waals surface area contributed by atoms with Crippen molar-refractivity contribution in [2.45, 2.75) is 32.1 Å². The van der Waals surface area contributed by atoms with Gasteiger partial charge in [0.1, 0.15) is 0 Å². The number of carbonyl (C=O) groups excluding carboxylic acids is 1. The van der Waals surface area contributed by atoms with E-state index in [9.17, 15) is 4.79 Å². The van der Waals surface area contributed by atoms with E-state index in [2.05, 4.69) is 11.1 Å². The Bertz CT molecular complexity index is 165. The first-order valence-corrected chi connectivity index (χ1v) is 3.82. The Balaban J connectivity index is 2.91. The Morgan fingerprint density at radius 2 is 1.91 bits per heavy atom. The summed E-state index contributed by atoms with van der Waals surface area (Å²) in [7, 11) is 0. The molecule has 0 heterocycles. The summed E-state index contributed by atoms with van der Waals surface area (Å²) in [5.41, 5.74) is 0. The summed E-state index contributed by atoms with van der Waals surface area (Å²) in [4.78, 5) is 13.0. The number of hydrogen-bond donors (Lipinski definition) is 0. The minimum absolute atomic E-state index is 0.579. The number of unbranched alkanes of at least 4 members (excludes halogenated alkanes) is 4. The van der Waals surface area contributed by atoms with Crippen molar-refractivity contribution in [3.63, 3.8) is 0 Å². The van der Waals surface area contributed by atoms with Crippen LogP contribution in [0, 0.1) is 11.3 Å². The Morgan fingerprint density at radius 3 is 2.55 bits per heavy atom. The zero-order valence-corrected chi connectivity index (χ0v) is 6.55. The summed E-state index contributed by atoms with van der Waals surface area (Å²) in [5, 5.41) is 8.19. The van der Waals surface area contributed by atoms with E-state index in [4.69, 9.17) is 5.26 Å². The van der Waals surface area contributed by atoms with Gasteiger partial charge in [-0.05, 0) is 12.8 Å². The average molecular weight is 152 g/mol. The second kappa shape index (κ2) is 8.87. The van der Waals surface area contributed by atoms with Crippen molar-refractivity contribution in [1.29, 1.82) is 5.26 Å². The fourth-order valence-electron chi connectivity index (χ4n) is 0.794. The van der Waals surface area contributed by atoms with Gasteiger partial charge in [-0.25, -0.2) is 9.79 Å². The van der Waals surface area contributed by atoms with E-state index in [1.165, 1.54) is 6.08 Å². The fraction of sp³-hybridized carbons (Fsp3) is 0.750. The monoisotopic (exact) mass is 152 g/mol. The molecule has 0 aliphatic rings. The number of nitrogens with zero attached hydrogens (tertiary/aromatic N) is 2. The maximum atomic E-state index is 9.61. The highest BCUT2D eigenvalue weighted by atomic mass is 16.1. The Morgan fingerprint density at radius 1 is 1.18 bits per heavy atom. The largest absolute Gasteiger partial charge is 0.234 e. The molecule has 0 atom stereocenters. The molecule has 0 rings (SSSR count). The van der Waals surface area contributed by atoms with Gasteiger partial charge in [0.25, 0.3) is 0 Å². The van der Waals surface area contributed by atoms with E-state index in [-0.39, 0.29) is 0 Å². The van der Waals surface area contributed by atoms with Gasteiger partial charge in [-0.1, -0.05) is 12.8 Å². The van der Waals surface area contributed by atoms with Crippen molar-refractivity contribution >= 4 is 6.08 Å². The van der Waals surface area contributed by atoms with Crippen LogP contribution in [0.3, 0.4) is 0 Å². The third kappa shape index (κ3) is 8.87. The van der Waals surface area contributed by atoms with Crippen LogP contribution in [-0.2, 0) is 4.79 Å². The molecule has 60 valence electrons. The van der Waals surface area contributed by atoms with Crippen LogP contribution >= 0.6 is 0 Å². The lowest BCUT2D eigenvalue weighted by Gasteiger charge is -1.92. The first-order valence-electron chi connectivity index (χ1n) is 3.82. The van der Waals surface area contributed by atoms with Gasteiger partial charge < -0.3 is 0 Å². The summed E-state index contributed by atoms with van der Waals surface area (Å²) >= 11 is 0. The van der Waals surface area contributed by atoms with E-state index in [1.54, 1.807) is 0 Å². The van der Waals surface area contributed by atoms with Crippen molar-refractivity contribution in [1.82, 2.24) is 0 Å². The quantitative estimate of drug-likeness (QED) is 0.331. The third-order valence-corrected chi connectivity index (χ3v) is 1.37. The van der Waals surface area contributed by atoms with Gasteiger partial charge in [-0.2, -0.15) is 5.26 Å². The molecule has 0 aromatic rings. The molecule has 0 radical (unpaired) electrons. The lowest BCUT2D eigenvalue weighted by Crippen LogP contribution is -1.81. The molecule has 3 nitrogen and oxygen atoms in total. The van der Waals surface area contributed by atoms with E-state index in [1.807, 2.05) is 0 Å². The molecule has 0 fully saturated rings. The number of isocyanates is 1. The predicted molar refractivity (Wildman–Crippen MR) is 41.7 cm³/mol. The van der Waals surface area contributed by atoms with Gasteiger partial charge >= 0.3 is 0 Å². The van der Waals surface area contributed by atoms with Crippen molar-refractivity contribution in [2.75, 3.05) is 6.54 Å². The molecule has 0 aliphatic carbocycles. The van der Waals surface area contributed by atoms with E-state index in [0.29, 0.717) is 13.0 Å². The second-order valence-electron chi connectivity index (χ2n) is 2.30. The highest BCUT2D eigenvalue weighted by Crippen LogP contribution is 2.01. The summed E-state index contributed by atoms with van der Waals surface area (Å²) in [6.07, 6.45) is 6.13. The summed E-state index contributed by atoms with van der Waals surface area (Å²) in [5.74, 6) is 0. The lowest BCUT2D eigenvalue weighted by atomic mass is 10.1. The lowest BCUT2D eigenvalue weighted by molar-refractivity contribution is 0.561. The van der Waals surface area contributed by atoms with Crippen molar-refractivity contribution in [3.8, 4) is 6.07 Å². The normalized spacial score (nSPS) is 8.27. The van der Waals surface area contributed by atoms with Crippen LogP contribution in [0.4, 0.5) is 0 Å². The standard InChI is InChI=1S/C8H12N2O/c9-6-4-2-1-3-5-7-10-8-11/h1-5,7H2. The van der Waals surface area contributed by atoms with E-state index < -0.39 is 0 Å². The van der Waals surface area contributed by atoms with Gasteiger partial charge in [-0.15, -0.1) is 0 Å². The Kier molecular flexibility index (Phi) is 7.96. The van der Waals surface area contributed by atoms with Crippen LogP contribution in [0.25, 0.3) is 0 Å². The number of nitriles is 1. The molecule has 0 aromatic heterocycles. The zero-order chi connectivity index (χ0) is 8.36. The molecule has 0 N–H and O–H groups in total. The third-order valence-electron chi connectivity index (χ3n) is 1.37. The molecule has 3 heteroatoms. The Hall–Kier alpha value is -1.13. The number of aliphatic imine (C=N–C) groups is 1. The summed E-state index contributed by atoms with van der Waals surface area (Å²) in [6, 6.07) is 2.08. The van der Waals surface area contributed by atoms with Crippen LogP contribution in [0.15, 0.2) is 4.99 Å². The minimum Gasteiger partial charge on any atom is -0.211 e. The highest BCUT2D eigenvalue weighted by molar-refractivity contribution is 5.32. The van der Waals surface area contributed by atoms with Crippen LogP contribution in [-0.4, -0.2) is 12.6 Å². The van der Waals surface area contributed by atoms with Gasteiger partial charge in [0.05, 0.1) is 12.6 Å². The van der Waals surface area contributed by atoms with Gasteiger partial charge in [0.2, 0.25) is 6.08 Å². The predicted octanol–water partition coefficient (Wildman–Crippen LogP) is 1.80. The molecule has 0 aromatic carbocycles. The molecule has 11 heavy (non-hydrogen) atoms. The number of hydrogen-bond acceptors (Lipinski definition) is 3. The van der Waals surface area contributed by atoms with Gasteiger partial charge in [-0.3, -0.25) is 0 Å². The van der Waals surface area contributed by atoms with Gasteiger partial charge in [0.15, 0.2) is 0 Å². The molecular formula is C8H12N2O. The maximum Gasteiger partial charge on any atom is 0.234 e. The molecule has 0 spiro atoms. The number of rotatable bonds is 6. The SMILES string of the molecule is N#CCCCCCCN=C=O. The van der Waals surface area contributed by atoms with Crippen LogP contribution in [0.1, 0.15) is 32.1 Å². The van der Waals surface area contributed by atoms with Crippen molar-refractivity contribution in [2.24, 2.45) is 4.99 Å². The highest BCUT2D eigenvalue weighted by Gasteiger charge is 1.87. The van der Waals surface area contributed by atoms with Crippen molar-refractivity contribution in [3.05, 3.63) is 0 Å². The van der Waals surface area contributed by atoms with Crippen LogP contribution < -0.4 is 0 Å². The summed E-state index contributed by atoms with van der Waals surface area (Å²) < 4.78 is 0. The van der Waals surface area contributed by atoms with E-state index in [0.717, 1.165) is 25.7 Å². The second-order valence-corrected chi connectivity index (χ2v) is 2.30. The molecule has 0 saturated carbocycles. The molecule has 0 bridgehead atoms. The Labute approximate surface area is 66.7 Å². The molecular weight excluding hydrogens is 140 g/mol. The molecule has 0 amide bonds. The first-order chi connectivity index (χ1) is 5.41. The molecule has 0 saturated heterocycles.